The molecule has 2 N–H and O–H groups in total. The highest BCUT2D eigenvalue weighted by Crippen LogP contribution is 2.05. The van der Waals surface area contributed by atoms with Crippen LogP contribution in [0.2, 0.25) is 0 Å². The van der Waals surface area contributed by atoms with Crippen LogP contribution in [0.5, 0.6) is 0 Å². The predicted octanol–water partition coefficient (Wildman–Crippen LogP) is -0.0928. The maximum Gasteiger partial charge on any atom is 0.323 e. The average Bonchev–Trinajstić information content (AvgIpc) is 2.23. The van der Waals surface area contributed by atoms with Gasteiger partial charge >= 0.3 is 17.1 Å². The lowest BCUT2D eigenvalue weighted by atomic mass is 10.2. The number of aromatic amines is 1. The van der Waals surface area contributed by atoms with E-state index in [1.165, 1.54) is 12.2 Å². The van der Waals surface area contributed by atoms with Gasteiger partial charge in [-0.05, 0) is 12.2 Å². The van der Waals surface area contributed by atoms with Crippen molar-refractivity contribution in [3.63, 3.8) is 0 Å². The van der Waals surface area contributed by atoms with Crippen molar-refractivity contribution < 1.29 is 9.90 Å². The molecule has 1 heterocycles. The summed E-state index contributed by atoms with van der Waals surface area (Å²) in [6.45, 7) is 6.31. The third-order valence-electron chi connectivity index (χ3n) is 1.95. The van der Waals surface area contributed by atoms with Gasteiger partial charge in [0.1, 0.15) is 6.54 Å². The number of rotatable bonds is 4. The van der Waals surface area contributed by atoms with Crippen LogP contribution in [0.25, 0.3) is 12.2 Å². The van der Waals surface area contributed by atoms with E-state index < -0.39 is 23.6 Å². The minimum atomic E-state index is -1.22. The van der Waals surface area contributed by atoms with E-state index in [1.54, 1.807) is 0 Å². The minimum absolute atomic E-state index is 0.224. The molecule has 6 nitrogen and oxygen atoms in total. The van der Waals surface area contributed by atoms with Gasteiger partial charge in [0.25, 0.3) is 0 Å². The van der Waals surface area contributed by atoms with Crippen molar-refractivity contribution in [3.8, 4) is 0 Å². The molecular formula is C10H10N2O4. The van der Waals surface area contributed by atoms with Gasteiger partial charge in [-0.1, -0.05) is 13.2 Å². The molecule has 0 amide bonds. The molecule has 1 aromatic heterocycles. The molecule has 0 radical (unpaired) electrons. The third kappa shape index (κ3) is 2.00. The second-order valence-electron chi connectivity index (χ2n) is 2.95. The first-order valence-corrected chi connectivity index (χ1v) is 4.35. The van der Waals surface area contributed by atoms with Crippen molar-refractivity contribution in [2.75, 3.05) is 0 Å². The summed E-state index contributed by atoms with van der Waals surface area (Å²) in [6.07, 6.45) is 2.60. The van der Waals surface area contributed by atoms with Gasteiger partial charge < -0.3 is 10.1 Å². The third-order valence-corrected chi connectivity index (χ3v) is 1.95. The highest BCUT2D eigenvalue weighted by atomic mass is 16.4. The van der Waals surface area contributed by atoms with Gasteiger partial charge in [0.2, 0.25) is 0 Å². The zero-order valence-corrected chi connectivity index (χ0v) is 8.40. The van der Waals surface area contributed by atoms with Crippen LogP contribution in [-0.4, -0.2) is 20.6 Å². The number of nitrogens with zero attached hydrogens (tertiary/aromatic N) is 1. The smallest absolute Gasteiger partial charge is 0.323 e. The Morgan fingerprint density at radius 3 is 2.44 bits per heavy atom. The molecular weight excluding hydrogens is 212 g/mol. The molecule has 0 atom stereocenters. The predicted molar refractivity (Wildman–Crippen MR) is 59.1 cm³/mol. The summed E-state index contributed by atoms with van der Waals surface area (Å²) in [5.74, 6) is -1.22. The largest absolute Gasteiger partial charge is 0.480 e. The van der Waals surface area contributed by atoms with E-state index in [-0.39, 0.29) is 11.4 Å². The maximum absolute atomic E-state index is 11.4. The quantitative estimate of drug-likeness (QED) is 0.696. The van der Waals surface area contributed by atoms with Gasteiger partial charge in [0.15, 0.2) is 0 Å². The van der Waals surface area contributed by atoms with E-state index in [9.17, 15) is 14.4 Å². The Bertz CT molecular complexity index is 565. The number of aliphatic carboxylic acids is 1. The monoisotopic (exact) mass is 222 g/mol. The molecule has 6 heteroatoms. The standard InChI is InChI=1S/C10H10N2O4/c1-3-6-7(4-2)12(5-8(13)14)10(16)9(15)11-6/h3-4H,1-2,5H2,(H,11,15)(H,13,14). The molecule has 16 heavy (non-hydrogen) atoms. The van der Waals surface area contributed by atoms with Crippen LogP contribution in [0.1, 0.15) is 11.4 Å². The van der Waals surface area contributed by atoms with E-state index in [0.717, 1.165) is 4.57 Å². The van der Waals surface area contributed by atoms with E-state index in [0.29, 0.717) is 0 Å². The van der Waals surface area contributed by atoms with Crippen LogP contribution in [0.15, 0.2) is 22.7 Å². The first-order chi connectivity index (χ1) is 7.51. The SMILES string of the molecule is C=Cc1[nH]c(=O)c(=O)n(CC(=O)O)c1C=C. The Balaban J connectivity index is 3.66. The molecule has 0 saturated carbocycles. The van der Waals surface area contributed by atoms with Crippen LogP contribution >= 0.6 is 0 Å². The molecule has 0 aliphatic rings. The van der Waals surface area contributed by atoms with Crippen LogP contribution < -0.4 is 11.1 Å². The topological polar surface area (TPSA) is 92.2 Å². The number of carboxylic acid groups (broad SMARTS) is 1. The van der Waals surface area contributed by atoms with Gasteiger partial charge in [-0.25, -0.2) is 0 Å². The molecule has 0 fully saturated rings. The van der Waals surface area contributed by atoms with E-state index in [4.69, 9.17) is 5.11 Å². The first kappa shape index (κ1) is 11.7. The Morgan fingerprint density at radius 1 is 1.38 bits per heavy atom. The minimum Gasteiger partial charge on any atom is -0.480 e. The van der Waals surface area contributed by atoms with E-state index in [2.05, 4.69) is 18.1 Å². The molecule has 1 aromatic rings. The van der Waals surface area contributed by atoms with Crippen molar-refractivity contribution in [2.24, 2.45) is 0 Å². The van der Waals surface area contributed by atoms with E-state index >= 15 is 0 Å². The van der Waals surface area contributed by atoms with Crippen LogP contribution in [0, 0.1) is 0 Å². The van der Waals surface area contributed by atoms with Crippen LogP contribution in [0.4, 0.5) is 0 Å². The summed E-state index contributed by atoms with van der Waals surface area (Å²) in [5.41, 5.74) is -1.33. The lowest BCUT2D eigenvalue weighted by Gasteiger charge is -2.09. The van der Waals surface area contributed by atoms with Crippen LogP contribution in [-0.2, 0) is 11.3 Å². The highest BCUT2D eigenvalue weighted by molar-refractivity contribution is 5.68. The van der Waals surface area contributed by atoms with Crippen LogP contribution in [0.3, 0.4) is 0 Å². The summed E-state index contributed by atoms with van der Waals surface area (Å²) in [7, 11) is 0. The zero-order chi connectivity index (χ0) is 12.3. The molecule has 0 unspecified atom stereocenters. The lowest BCUT2D eigenvalue weighted by Crippen LogP contribution is -2.39. The number of carboxylic acids is 1. The molecule has 0 bridgehead atoms. The molecule has 0 spiro atoms. The Kier molecular flexibility index (Phi) is 3.24. The summed E-state index contributed by atoms with van der Waals surface area (Å²) in [4.78, 5) is 35.5. The zero-order valence-electron chi connectivity index (χ0n) is 8.40. The molecule has 0 aliphatic carbocycles. The van der Waals surface area contributed by atoms with Gasteiger partial charge in [0.05, 0.1) is 11.4 Å². The number of nitrogens with one attached hydrogen (secondary N) is 1. The average molecular weight is 222 g/mol. The van der Waals surface area contributed by atoms with E-state index in [1.807, 2.05) is 0 Å². The van der Waals surface area contributed by atoms with Gasteiger partial charge in [0, 0.05) is 0 Å². The second-order valence-corrected chi connectivity index (χ2v) is 2.95. The lowest BCUT2D eigenvalue weighted by molar-refractivity contribution is -0.137. The fraction of sp³-hybridized carbons (Fsp3) is 0.100. The van der Waals surface area contributed by atoms with Crippen molar-refractivity contribution in [1.29, 1.82) is 0 Å². The Labute approximate surface area is 90.2 Å². The van der Waals surface area contributed by atoms with Crippen molar-refractivity contribution in [3.05, 3.63) is 45.3 Å². The van der Waals surface area contributed by atoms with Crippen molar-refractivity contribution >= 4 is 18.1 Å². The maximum atomic E-state index is 11.4. The summed E-state index contributed by atoms with van der Waals surface area (Å²) < 4.78 is 0.838. The second kappa shape index (κ2) is 4.43. The molecule has 0 aromatic carbocycles. The summed E-state index contributed by atoms with van der Waals surface area (Å²) in [6, 6.07) is 0. The molecule has 84 valence electrons. The van der Waals surface area contributed by atoms with Crippen molar-refractivity contribution in [2.45, 2.75) is 6.54 Å². The van der Waals surface area contributed by atoms with Gasteiger partial charge in [-0.3, -0.25) is 19.0 Å². The summed E-state index contributed by atoms with van der Waals surface area (Å²) >= 11 is 0. The van der Waals surface area contributed by atoms with Gasteiger partial charge in [-0.15, -0.1) is 0 Å². The fourth-order valence-corrected chi connectivity index (χ4v) is 1.29. The number of aromatic nitrogens is 2. The first-order valence-electron chi connectivity index (χ1n) is 4.35. The summed E-state index contributed by atoms with van der Waals surface area (Å²) in [5, 5.41) is 8.63. The number of hydrogen-bond acceptors (Lipinski definition) is 3. The Morgan fingerprint density at radius 2 is 2.00 bits per heavy atom. The highest BCUT2D eigenvalue weighted by Gasteiger charge is 2.11. The normalized spacial score (nSPS) is 9.75. The molecule has 0 saturated heterocycles. The molecule has 0 aliphatic heterocycles. The molecule has 1 rings (SSSR count). The van der Waals surface area contributed by atoms with Gasteiger partial charge in [-0.2, -0.15) is 0 Å². The van der Waals surface area contributed by atoms with Crippen molar-refractivity contribution in [1.82, 2.24) is 9.55 Å². The fourth-order valence-electron chi connectivity index (χ4n) is 1.29. The number of H-pyrrole nitrogens is 1. The number of hydrogen-bond donors (Lipinski definition) is 2. The number of carbonyl (C=O) groups is 1. The Hall–Kier alpha value is -2.37.